The molecule has 0 atom stereocenters. The molecule has 0 aliphatic heterocycles. The minimum Gasteiger partial charge on any atom is -0.481 e. The van der Waals surface area contributed by atoms with Crippen LogP contribution in [-0.4, -0.2) is 16.5 Å². The second-order valence-corrected chi connectivity index (χ2v) is 5.77. The number of nitro groups is 1. The number of aromatic nitrogens is 1. The molecule has 0 bridgehead atoms. The quantitative estimate of drug-likeness (QED) is 0.611. The Morgan fingerprint density at radius 2 is 2.33 bits per heavy atom. The number of nitro benzene ring substituents is 1. The first-order valence-corrected chi connectivity index (χ1v) is 7.55. The summed E-state index contributed by atoms with van der Waals surface area (Å²) in [5.74, 6) is 0.156. The Bertz CT molecular complexity index is 633. The zero-order valence-corrected chi connectivity index (χ0v) is 12.9. The number of ether oxygens (including phenoxy) is 1. The molecule has 0 aliphatic carbocycles. The number of hydrogen-bond donors (Lipinski definition) is 1. The zero-order chi connectivity index (χ0) is 15.2. The van der Waals surface area contributed by atoms with Crippen molar-refractivity contribution >= 4 is 33.8 Å². The van der Waals surface area contributed by atoms with Crippen molar-refractivity contribution in [1.82, 2.24) is 4.98 Å². The van der Waals surface area contributed by atoms with E-state index in [1.165, 1.54) is 29.5 Å². The van der Waals surface area contributed by atoms with Crippen LogP contribution in [0.15, 0.2) is 24.4 Å². The summed E-state index contributed by atoms with van der Waals surface area (Å²) in [6, 6.07) is 4.24. The summed E-state index contributed by atoms with van der Waals surface area (Å²) in [5, 5.41) is 15.3. The van der Waals surface area contributed by atoms with Crippen LogP contribution in [0.25, 0.3) is 0 Å². The second-order valence-electron chi connectivity index (χ2n) is 4.22. The molecule has 1 aromatic heterocycles. The third kappa shape index (κ3) is 4.30. The van der Waals surface area contributed by atoms with Crippen molar-refractivity contribution in [3.8, 4) is 5.75 Å². The van der Waals surface area contributed by atoms with Gasteiger partial charge < -0.3 is 10.1 Å². The third-order valence-electron chi connectivity index (χ3n) is 2.57. The maximum Gasteiger partial charge on any atom is 0.311 e. The van der Waals surface area contributed by atoms with Crippen LogP contribution in [0.4, 0.5) is 10.8 Å². The van der Waals surface area contributed by atoms with Crippen LogP contribution in [0.5, 0.6) is 5.75 Å². The first kappa shape index (κ1) is 15.5. The van der Waals surface area contributed by atoms with Gasteiger partial charge in [0.1, 0.15) is 6.61 Å². The number of anilines is 1. The highest BCUT2D eigenvalue weighted by atomic mass is 35.5. The Morgan fingerprint density at radius 1 is 1.52 bits per heavy atom. The fraction of sp³-hybridized carbons (Fsp3) is 0.308. The van der Waals surface area contributed by atoms with Gasteiger partial charge in [0.05, 0.1) is 9.80 Å². The minimum absolute atomic E-state index is 0.103. The van der Waals surface area contributed by atoms with Crippen LogP contribution in [-0.2, 0) is 6.61 Å². The topological polar surface area (TPSA) is 77.3 Å². The summed E-state index contributed by atoms with van der Waals surface area (Å²) in [4.78, 5) is 15.5. The average molecular weight is 328 g/mol. The van der Waals surface area contributed by atoms with E-state index >= 15 is 0 Å². The normalized spacial score (nSPS) is 10.4. The highest BCUT2D eigenvalue weighted by Gasteiger charge is 2.15. The van der Waals surface area contributed by atoms with Gasteiger partial charge in [0.2, 0.25) is 0 Å². The SMILES string of the molecule is CCCNc1ncc(COc2cc(Cl)ccc2[N+](=O)[O-])s1. The standard InChI is InChI=1S/C13H14ClN3O3S/c1-2-5-15-13-16-7-10(21-13)8-20-12-6-9(14)3-4-11(12)17(18)19/h3-4,6-7H,2,5,8H2,1H3,(H,15,16). The van der Waals surface area contributed by atoms with Gasteiger partial charge in [0.15, 0.2) is 10.9 Å². The molecule has 0 amide bonds. The van der Waals surface area contributed by atoms with Crippen LogP contribution in [0.1, 0.15) is 18.2 Å². The summed E-state index contributed by atoms with van der Waals surface area (Å²) in [6.45, 7) is 3.14. The van der Waals surface area contributed by atoms with E-state index in [-0.39, 0.29) is 18.0 Å². The van der Waals surface area contributed by atoms with E-state index in [0.717, 1.165) is 23.0 Å². The van der Waals surface area contributed by atoms with Gasteiger partial charge >= 0.3 is 5.69 Å². The number of thiazole rings is 1. The Morgan fingerprint density at radius 3 is 3.05 bits per heavy atom. The fourth-order valence-corrected chi connectivity index (χ4v) is 2.50. The van der Waals surface area contributed by atoms with Crippen molar-refractivity contribution in [2.45, 2.75) is 20.0 Å². The van der Waals surface area contributed by atoms with Crippen LogP contribution >= 0.6 is 22.9 Å². The molecule has 112 valence electrons. The molecule has 6 nitrogen and oxygen atoms in total. The summed E-state index contributed by atoms with van der Waals surface area (Å²) >= 11 is 7.30. The van der Waals surface area contributed by atoms with Gasteiger partial charge in [-0.25, -0.2) is 4.98 Å². The molecule has 0 aliphatic rings. The first-order valence-electron chi connectivity index (χ1n) is 6.35. The maximum absolute atomic E-state index is 10.9. The van der Waals surface area contributed by atoms with Crippen molar-refractivity contribution in [2.24, 2.45) is 0 Å². The predicted octanol–water partition coefficient (Wildman–Crippen LogP) is 4.11. The number of hydrogen-bond acceptors (Lipinski definition) is 6. The predicted molar refractivity (Wildman–Crippen MR) is 83.3 cm³/mol. The molecule has 2 rings (SSSR count). The average Bonchev–Trinajstić information content (AvgIpc) is 2.90. The minimum atomic E-state index is -0.493. The van der Waals surface area contributed by atoms with Crippen molar-refractivity contribution < 1.29 is 9.66 Å². The molecular formula is C13H14ClN3O3S. The Kier molecular flexibility index (Phi) is 5.35. The molecule has 21 heavy (non-hydrogen) atoms. The summed E-state index contributed by atoms with van der Waals surface area (Å²) < 4.78 is 5.50. The Labute approximate surface area is 130 Å². The summed E-state index contributed by atoms with van der Waals surface area (Å²) in [5.41, 5.74) is -0.103. The Balaban J connectivity index is 2.04. The lowest BCUT2D eigenvalue weighted by molar-refractivity contribution is -0.385. The number of nitrogens with zero attached hydrogens (tertiary/aromatic N) is 2. The van der Waals surface area contributed by atoms with Gasteiger partial charge in [0.25, 0.3) is 0 Å². The van der Waals surface area contributed by atoms with E-state index in [0.29, 0.717) is 5.02 Å². The van der Waals surface area contributed by atoms with Crippen LogP contribution < -0.4 is 10.1 Å². The lowest BCUT2D eigenvalue weighted by Crippen LogP contribution is -1.98. The van der Waals surface area contributed by atoms with Gasteiger partial charge in [0, 0.05) is 29.9 Å². The molecule has 1 N–H and O–H groups in total. The van der Waals surface area contributed by atoms with Crippen molar-refractivity contribution in [2.75, 3.05) is 11.9 Å². The highest BCUT2D eigenvalue weighted by molar-refractivity contribution is 7.15. The van der Waals surface area contributed by atoms with Gasteiger partial charge in [-0.2, -0.15) is 0 Å². The van der Waals surface area contributed by atoms with Crippen LogP contribution in [0.3, 0.4) is 0 Å². The fourth-order valence-electron chi connectivity index (χ4n) is 1.59. The molecule has 1 heterocycles. The molecule has 0 saturated carbocycles. The molecule has 0 unspecified atom stereocenters. The number of rotatable bonds is 7. The second kappa shape index (κ2) is 7.24. The molecular weight excluding hydrogens is 314 g/mol. The maximum atomic E-state index is 10.9. The first-order chi connectivity index (χ1) is 10.1. The van der Waals surface area contributed by atoms with Gasteiger partial charge in [-0.15, -0.1) is 0 Å². The van der Waals surface area contributed by atoms with E-state index in [2.05, 4.69) is 17.2 Å². The molecule has 1 aromatic carbocycles. The molecule has 0 saturated heterocycles. The zero-order valence-electron chi connectivity index (χ0n) is 11.3. The van der Waals surface area contributed by atoms with Crippen LogP contribution in [0, 0.1) is 10.1 Å². The van der Waals surface area contributed by atoms with E-state index in [1.54, 1.807) is 6.20 Å². The van der Waals surface area contributed by atoms with Crippen molar-refractivity contribution in [3.63, 3.8) is 0 Å². The lowest BCUT2D eigenvalue weighted by atomic mass is 10.3. The van der Waals surface area contributed by atoms with Crippen LogP contribution in [0.2, 0.25) is 5.02 Å². The van der Waals surface area contributed by atoms with Gasteiger partial charge in [-0.1, -0.05) is 29.9 Å². The molecule has 0 fully saturated rings. The number of halogens is 1. The summed E-state index contributed by atoms with van der Waals surface area (Å²) in [6.07, 6.45) is 2.71. The van der Waals surface area contributed by atoms with Crippen molar-refractivity contribution in [3.05, 3.63) is 44.4 Å². The highest BCUT2D eigenvalue weighted by Crippen LogP contribution is 2.31. The van der Waals surface area contributed by atoms with E-state index in [4.69, 9.17) is 16.3 Å². The molecule has 8 heteroatoms. The number of benzene rings is 1. The molecule has 0 radical (unpaired) electrons. The Hall–Kier alpha value is -1.86. The number of nitrogens with one attached hydrogen (secondary N) is 1. The lowest BCUT2D eigenvalue weighted by Gasteiger charge is -2.05. The van der Waals surface area contributed by atoms with Gasteiger partial charge in [-0.05, 0) is 12.5 Å². The monoisotopic (exact) mass is 327 g/mol. The largest absolute Gasteiger partial charge is 0.481 e. The molecule has 0 spiro atoms. The van der Waals surface area contributed by atoms with Gasteiger partial charge in [-0.3, -0.25) is 10.1 Å². The van der Waals surface area contributed by atoms with Crippen molar-refractivity contribution in [1.29, 1.82) is 0 Å². The van der Waals surface area contributed by atoms with E-state index in [9.17, 15) is 10.1 Å². The summed E-state index contributed by atoms with van der Waals surface area (Å²) in [7, 11) is 0. The van der Waals surface area contributed by atoms with E-state index < -0.39 is 4.92 Å². The molecule has 2 aromatic rings. The third-order valence-corrected chi connectivity index (χ3v) is 3.73. The smallest absolute Gasteiger partial charge is 0.311 e. The van der Waals surface area contributed by atoms with E-state index in [1.807, 2.05) is 0 Å².